The van der Waals surface area contributed by atoms with Crippen molar-refractivity contribution in [2.75, 3.05) is 18.8 Å². The van der Waals surface area contributed by atoms with Crippen LogP contribution in [-0.2, 0) is 0 Å². The number of hydrogen-bond donors (Lipinski definition) is 2. The number of pyridine rings is 1. The Morgan fingerprint density at radius 2 is 2.40 bits per heavy atom. The number of nitrogens with one attached hydrogen (secondary N) is 1. The van der Waals surface area contributed by atoms with Crippen molar-refractivity contribution in [1.82, 2.24) is 10.3 Å². The Balaban J connectivity index is 2.12. The Hall–Kier alpha value is -1.42. The van der Waals surface area contributed by atoms with Crippen molar-refractivity contribution in [2.24, 2.45) is 5.92 Å². The molecule has 1 aliphatic rings. The van der Waals surface area contributed by atoms with E-state index in [2.05, 4.69) is 10.3 Å². The van der Waals surface area contributed by atoms with Gasteiger partial charge < -0.3 is 11.1 Å². The van der Waals surface area contributed by atoms with Crippen LogP contribution < -0.4 is 11.1 Å². The Kier molecular flexibility index (Phi) is 2.68. The Bertz CT molecular complexity index is 385. The summed E-state index contributed by atoms with van der Waals surface area (Å²) in [6, 6.07) is 1.82. The van der Waals surface area contributed by atoms with Gasteiger partial charge in [0.15, 0.2) is 5.78 Å². The first kappa shape index (κ1) is 10.1. The van der Waals surface area contributed by atoms with Gasteiger partial charge in [-0.25, -0.2) is 4.98 Å². The van der Waals surface area contributed by atoms with Gasteiger partial charge in [-0.2, -0.15) is 0 Å². The Morgan fingerprint density at radius 1 is 1.67 bits per heavy atom. The first-order valence-corrected chi connectivity index (χ1v) is 5.13. The number of carbonyl (C=O) groups excluding carboxylic acids is 1. The molecule has 2 rings (SSSR count). The van der Waals surface area contributed by atoms with Crippen molar-refractivity contribution >= 4 is 11.6 Å². The molecule has 0 aromatic carbocycles. The lowest BCUT2D eigenvalue weighted by Gasteiger charge is -2.26. The molecule has 0 spiro atoms. The van der Waals surface area contributed by atoms with Gasteiger partial charge in [0.25, 0.3) is 0 Å². The lowest BCUT2D eigenvalue weighted by atomic mass is 9.93. The maximum Gasteiger partial charge on any atom is 0.166 e. The second kappa shape index (κ2) is 3.98. The molecule has 3 N–H and O–H groups in total. The molecule has 4 heteroatoms. The van der Waals surface area contributed by atoms with Gasteiger partial charge in [-0.15, -0.1) is 0 Å². The number of Topliss-reactive ketones (excluding diaryl/α,β-unsaturated/α-hetero) is 1. The predicted molar refractivity (Wildman–Crippen MR) is 58.7 cm³/mol. The lowest BCUT2D eigenvalue weighted by molar-refractivity contribution is 0.0946. The normalized spacial score (nSPS) is 16.1. The number of ketones is 1. The SMILES string of the molecule is Cc1cnc(N)c(C(=O)CC2CNC2)c1. The highest BCUT2D eigenvalue weighted by molar-refractivity contribution is 6.00. The van der Waals surface area contributed by atoms with Crippen LogP contribution in [0.5, 0.6) is 0 Å². The second-order valence-electron chi connectivity index (χ2n) is 4.10. The van der Waals surface area contributed by atoms with Crippen molar-refractivity contribution in [3.63, 3.8) is 0 Å². The molecule has 0 radical (unpaired) electrons. The Labute approximate surface area is 88.9 Å². The first-order chi connectivity index (χ1) is 7.16. The number of rotatable bonds is 3. The van der Waals surface area contributed by atoms with E-state index in [9.17, 15) is 4.79 Å². The van der Waals surface area contributed by atoms with E-state index in [1.807, 2.05) is 13.0 Å². The molecule has 80 valence electrons. The van der Waals surface area contributed by atoms with Gasteiger partial charge >= 0.3 is 0 Å². The van der Waals surface area contributed by atoms with Crippen molar-refractivity contribution in [2.45, 2.75) is 13.3 Å². The molecule has 15 heavy (non-hydrogen) atoms. The summed E-state index contributed by atoms with van der Waals surface area (Å²) >= 11 is 0. The van der Waals surface area contributed by atoms with Crippen LogP contribution in [0.25, 0.3) is 0 Å². The molecule has 4 nitrogen and oxygen atoms in total. The predicted octanol–water partition coefficient (Wildman–Crippen LogP) is 0.764. The third-order valence-electron chi connectivity index (χ3n) is 2.70. The molecular weight excluding hydrogens is 190 g/mol. The van der Waals surface area contributed by atoms with Gasteiger partial charge in [0.2, 0.25) is 0 Å². The molecule has 0 unspecified atom stereocenters. The van der Waals surface area contributed by atoms with Crippen molar-refractivity contribution in [1.29, 1.82) is 0 Å². The van der Waals surface area contributed by atoms with E-state index in [1.165, 1.54) is 0 Å². The fourth-order valence-electron chi connectivity index (χ4n) is 1.67. The molecule has 1 aromatic heterocycles. The second-order valence-corrected chi connectivity index (χ2v) is 4.10. The van der Waals surface area contributed by atoms with Gasteiger partial charge in [0, 0.05) is 12.6 Å². The summed E-state index contributed by atoms with van der Waals surface area (Å²) in [5, 5.41) is 3.14. The van der Waals surface area contributed by atoms with E-state index in [0.29, 0.717) is 23.7 Å². The van der Waals surface area contributed by atoms with Crippen molar-refractivity contribution < 1.29 is 4.79 Å². The van der Waals surface area contributed by atoms with Crippen LogP contribution in [0.1, 0.15) is 22.3 Å². The van der Waals surface area contributed by atoms with Gasteiger partial charge in [-0.3, -0.25) is 4.79 Å². The van der Waals surface area contributed by atoms with Gasteiger partial charge in [-0.05, 0) is 37.6 Å². The van der Waals surface area contributed by atoms with Crippen LogP contribution >= 0.6 is 0 Å². The molecule has 0 saturated carbocycles. The smallest absolute Gasteiger partial charge is 0.166 e. The number of nitrogens with zero attached hydrogens (tertiary/aromatic N) is 1. The molecule has 0 atom stereocenters. The molecule has 0 aliphatic carbocycles. The molecular formula is C11H15N3O. The van der Waals surface area contributed by atoms with E-state index in [1.54, 1.807) is 6.20 Å². The topological polar surface area (TPSA) is 68.0 Å². The van der Waals surface area contributed by atoms with E-state index in [4.69, 9.17) is 5.73 Å². The minimum Gasteiger partial charge on any atom is -0.383 e. The van der Waals surface area contributed by atoms with Gasteiger partial charge in [0.05, 0.1) is 5.56 Å². The van der Waals surface area contributed by atoms with Gasteiger partial charge in [-0.1, -0.05) is 0 Å². The number of anilines is 1. The largest absolute Gasteiger partial charge is 0.383 e. The monoisotopic (exact) mass is 205 g/mol. The van der Waals surface area contributed by atoms with Crippen LogP contribution in [0.4, 0.5) is 5.82 Å². The van der Waals surface area contributed by atoms with E-state index < -0.39 is 0 Å². The first-order valence-electron chi connectivity index (χ1n) is 5.13. The maximum atomic E-state index is 11.9. The molecule has 1 aromatic rings. The highest BCUT2D eigenvalue weighted by Crippen LogP contribution is 2.17. The quantitative estimate of drug-likeness (QED) is 0.715. The third kappa shape index (κ3) is 2.15. The number of nitrogens with two attached hydrogens (primary N) is 1. The van der Waals surface area contributed by atoms with Crippen LogP contribution in [0.2, 0.25) is 0 Å². The zero-order valence-corrected chi connectivity index (χ0v) is 8.79. The minimum atomic E-state index is 0.107. The summed E-state index contributed by atoms with van der Waals surface area (Å²) in [4.78, 5) is 15.9. The number of aromatic nitrogens is 1. The summed E-state index contributed by atoms with van der Waals surface area (Å²) in [5.74, 6) is 0.922. The van der Waals surface area contributed by atoms with Crippen LogP contribution in [0.3, 0.4) is 0 Å². The van der Waals surface area contributed by atoms with Crippen LogP contribution in [0.15, 0.2) is 12.3 Å². The molecule has 1 saturated heterocycles. The standard InChI is InChI=1S/C11H15N3O/c1-7-2-9(11(12)14-4-7)10(15)3-8-5-13-6-8/h2,4,8,13H,3,5-6H2,1H3,(H2,12,14). The molecule has 2 heterocycles. The van der Waals surface area contributed by atoms with E-state index in [-0.39, 0.29) is 5.78 Å². The lowest BCUT2D eigenvalue weighted by Crippen LogP contribution is -2.43. The highest BCUT2D eigenvalue weighted by Gasteiger charge is 2.22. The summed E-state index contributed by atoms with van der Waals surface area (Å²) < 4.78 is 0. The van der Waals surface area contributed by atoms with Crippen molar-refractivity contribution in [3.05, 3.63) is 23.4 Å². The summed E-state index contributed by atoms with van der Waals surface area (Å²) in [5.41, 5.74) is 7.22. The zero-order valence-electron chi connectivity index (χ0n) is 8.79. The maximum absolute atomic E-state index is 11.9. The summed E-state index contributed by atoms with van der Waals surface area (Å²) in [7, 11) is 0. The summed E-state index contributed by atoms with van der Waals surface area (Å²) in [6.07, 6.45) is 2.25. The fraction of sp³-hybridized carbons (Fsp3) is 0.455. The van der Waals surface area contributed by atoms with Crippen LogP contribution in [-0.4, -0.2) is 23.9 Å². The Morgan fingerprint density at radius 3 is 3.00 bits per heavy atom. The average Bonchev–Trinajstić information content (AvgIpc) is 2.15. The number of nitrogen functional groups attached to an aromatic ring is 1. The fourth-order valence-corrected chi connectivity index (χ4v) is 1.67. The zero-order chi connectivity index (χ0) is 10.8. The number of carbonyl (C=O) groups is 1. The molecule has 1 aliphatic heterocycles. The van der Waals surface area contributed by atoms with Gasteiger partial charge in [0.1, 0.15) is 5.82 Å². The molecule has 1 fully saturated rings. The van der Waals surface area contributed by atoms with E-state index >= 15 is 0 Å². The molecule has 0 amide bonds. The van der Waals surface area contributed by atoms with Crippen LogP contribution in [0, 0.1) is 12.8 Å². The van der Waals surface area contributed by atoms with E-state index in [0.717, 1.165) is 18.7 Å². The molecule has 0 bridgehead atoms. The third-order valence-corrected chi connectivity index (χ3v) is 2.70. The van der Waals surface area contributed by atoms with Crippen molar-refractivity contribution in [3.8, 4) is 0 Å². The minimum absolute atomic E-state index is 0.107. The number of aryl methyl sites for hydroxylation is 1. The average molecular weight is 205 g/mol. The summed E-state index contributed by atoms with van der Waals surface area (Å²) in [6.45, 7) is 3.78. The highest BCUT2D eigenvalue weighted by atomic mass is 16.1. The number of hydrogen-bond acceptors (Lipinski definition) is 4.